The molecule has 0 bridgehead atoms. The smallest absolute Gasteiger partial charge is 0.273 e. The number of fused-ring (bicyclic) bond motifs is 1. The Bertz CT molecular complexity index is 1100. The molecular formula is C19H19FN6O2. The zero-order valence-electron chi connectivity index (χ0n) is 15.5. The summed E-state index contributed by atoms with van der Waals surface area (Å²) in [4.78, 5) is 24.5. The number of amides is 1. The lowest BCUT2D eigenvalue weighted by atomic mass is 9.92. The molecular weight excluding hydrogens is 363 g/mol. The van der Waals surface area contributed by atoms with E-state index in [1.54, 1.807) is 32.2 Å². The fraction of sp³-hybridized carbons (Fsp3) is 0.316. The van der Waals surface area contributed by atoms with Gasteiger partial charge in [0.15, 0.2) is 5.69 Å². The van der Waals surface area contributed by atoms with Crippen molar-refractivity contribution < 1.29 is 9.18 Å². The van der Waals surface area contributed by atoms with Crippen molar-refractivity contribution in [2.75, 3.05) is 0 Å². The van der Waals surface area contributed by atoms with Crippen LogP contribution in [0.25, 0.3) is 5.69 Å². The molecule has 0 saturated carbocycles. The molecule has 1 N–H and O–H groups in total. The SMILES string of the molecule is Cc1c(C(=O)NC2CCc3nn(C)c(=O)cc3C2)nnn1-c1ccc(F)cc1. The van der Waals surface area contributed by atoms with Crippen LogP contribution < -0.4 is 10.9 Å². The van der Waals surface area contributed by atoms with Gasteiger partial charge in [-0.2, -0.15) is 5.10 Å². The van der Waals surface area contributed by atoms with E-state index in [0.717, 1.165) is 17.7 Å². The lowest BCUT2D eigenvalue weighted by Crippen LogP contribution is -2.40. The second-order valence-corrected chi connectivity index (χ2v) is 6.90. The van der Waals surface area contributed by atoms with Crippen molar-refractivity contribution in [1.29, 1.82) is 0 Å². The second-order valence-electron chi connectivity index (χ2n) is 6.90. The van der Waals surface area contributed by atoms with Crippen LogP contribution in [0.5, 0.6) is 0 Å². The number of aryl methyl sites for hydroxylation is 2. The van der Waals surface area contributed by atoms with Gasteiger partial charge < -0.3 is 5.32 Å². The number of halogens is 1. The van der Waals surface area contributed by atoms with Crippen molar-refractivity contribution in [2.45, 2.75) is 32.2 Å². The van der Waals surface area contributed by atoms with Crippen molar-refractivity contribution in [1.82, 2.24) is 30.1 Å². The summed E-state index contributed by atoms with van der Waals surface area (Å²) in [6.45, 7) is 1.74. The van der Waals surface area contributed by atoms with E-state index in [1.807, 2.05) is 0 Å². The number of carbonyl (C=O) groups excluding carboxylic acids is 1. The molecule has 0 radical (unpaired) electrons. The van der Waals surface area contributed by atoms with Crippen LogP contribution in [0.4, 0.5) is 4.39 Å². The van der Waals surface area contributed by atoms with Crippen LogP contribution >= 0.6 is 0 Å². The summed E-state index contributed by atoms with van der Waals surface area (Å²) in [7, 11) is 1.63. The Balaban J connectivity index is 1.51. The molecule has 0 spiro atoms. The average molecular weight is 382 g/mol. The van der Waals surface area contributed by atoms with Crippen LogP contribution in [0.15, 0.2) is 35.1 Å². The Kier molecular flexibility index (Phi) is 4.50. The molecule has 3 aromatic rings. The van der Waals surface area contributed by atoms with E-state index in [1.165, 1.54) is 21.5 Å². The van der Waals surface area contributed by atoms with E-state index in [4.69, 9.17) is 0 Å². The standard InChI is InChI=1S/C19H19FN6O2/c1-11-18(22-24-26(11)15-6-3-13(20)4-7-15)19(28)21-14-5-8-16-12(9-14)10-17(27)25(2)23-16/h3-4,6-7,10,14H,5,8-9H2,1-2H3,(H,21,28). The highest BCUT2D eigenvalue weighted by atomic mass is 19.1. The Morgan fingerprint density at radius 2 is 2.04 bits per heavy atom. The third-order valence-corrected chi connectivity index (χ3v) is 4.97. The van der Waals surface area contributed by atoms with Crippen molar-refractivity contribution in [3.8, 4) is 5.69 Å². The molecule has 1 unspecified atom stereocenters. The number of nitrogens with one attached hydrogen (secondary N) is 1. The van der Waals surface area contributed by atoms with Gasteiger partial charge in [-0.3, -0.25) is 9.59 Å². The Morgan fingerprint density at radius 3 is 2.79 bits per heavy atom. The van der Waals surface area contributed by atoms with Crippen molar-refractivity contribution in [3.05, 3.63) is 69.1 Å². The number of hydrogen-bond donors (Lipinski definition) is 1. The predicted molar refractivity (Wildman–Crippen MR) is 98.8 cm³/mol. The molecule has 2 heterocycles. The molecule has 144 valence electrons. The second kappa shape index (κ2) is 6.99. The van der Waals surface area contributed by atoms with Crippen LogP contribution in [-0.2, 0) is 19.9 Å². The summed E-state index contributed by atoms with van der Waals surface area (Å²) in [6, 6.07) is 7.28. The molecule has 1 atom stereocenters. The molecule has 28 heavy (non-hydrogen) atoms. The first-order chi connectivity index (χ1) is 13.4. The van der Waals surface area contributed by atoms with E-state index >= 15 is 0 Å². The van der Waals surface area contributed by atoms with Crippen LogP contribution in [0.3, 0.4) is 0 Å². The Hall–Kier alpha value is -3.36. The molecule has 0 fully saturated rings. The largest absolute Gasteiger partial charge is 0.348 e. The van der Waals surface area contributed by atoms with Crippen LogP contribution in [0, 0.1) is 12.7 Å². The third kappa shape index (κ3) is 3.30. The first kappa shape index (κ1) is 18.0. The molecule has 1 aromatic carbocycles. The van der Waals surface area contributed by atoms with Gasteiger partial charge in [-0.15, -0.1) is 5.10 Å². The van der Waals surface area contributed by atoms with E-state index in [-0.39, 0.29) is 29.0 Å². The van der Waals surface area contributed by atoms with Gasteiger partial charge in [0, 0.05) is 19.2 Å². The summed E-state index contributed by atoms with van der Waals surface area (Å²) in [5, 5.41) is 15.3. The minimum absolute atomic E-state index is 0.107. The summed E-state index contributed by atoms with van der Waals surface area (Å²) in [5.41, 5.74) is 3.01. The topological polar surface area (TPSA) is 94.7 Å². The molecule has 0 aliphatic heterocycles. The van der Waals surface area contributed by atoms with E-state index in [0.29, 0.717) is 24.2 Å². The highest BCUT2D eigenvalue weighted by Crippen LogP contribution is 2.19. The number of nitrogens with zero attached hydrogens (tertiary/aromatic N) is 5. The maximum atomic E-state index is 13.1. The van der Waals surface area contributed by atoms with Crippen LogP contribution in [0.2, 0.25) is 0 Å². The molecule has 1 aliphatic carbocycles. The van der Waals surface area contributed by atoms with Crippen molar-refractivity contribution in [3.63, 3.8) is 0 Å². The van der Waals surface area contributed by atoms with E-state index in [9.17, 15) is 14.0 Å². The highest BCUT2D eigenvalue weighted by molar-refractivity contribution is 5.93. The summed E-state index contributed by atoms with van der Waals surface area (Å²) in [6.07, 6.45) is 1.97. The lowest BCUT2D eigenvalue weighted by Gasteiger charge is -2.24. The monoisotopic (exact) mass is 382 g/mol. The van der Waals surface area contributed by atoms with E-state index in [2.05, 4.69) is 20.7 Å². The van der Waals surface area contributed by atoms with Gasteiger partial charge in [0.05, 0.1) is 17.1 Å². The van der Waals surface area contributed by atoms with Gasteiger partial charge in [-0.05, 0) is 56.0 Å². The summed E-state index contributed by atoms with van der Waals surface area (Å²) >= 11 is 0. The molecule has 8 nitrogen and oxygen atoms in total. The molecule has 0 saturated heterocycles. The lowest BCUT2D eigenvalue weighted by molar-refractivity contribution is 0.0927. The van der Waals surface area contributed by atoms with Gasteiger partial charge in [-0.1, -0.05) is 5.21 Å². The van der Waals surface area contributed by atoms with Gasteiger partial charge in [0.1, 0.15) is 5.82 Å². The van der Waals surface area contributed by atoms with Crippen LogP contribution in [-0.4, -0.2) is 36.7 Å². The minimum atomic E-state index is -0.346. The Labute approximate surface area is 160 Å². The molecule has 4 rings (SSSR count). The Morgan fingerprint density at radius 1 is 1.29 bits per heavy atom. The zero-order chi connectivity index (χ0) is 19.8. The number of benzene rings is 1. The van der Waals surface area contributed by atoms with Gasteiger partial charge in [0.2, 0.25) is 0 Å². The molecule has 9 heteroatoms. The van der Waals surface area contributed by atoms with Crippen molar-refractivity contribution >= 4 is 5.91 Å². The zero-order valence-corrected chi connectivity index (χ0v) is 15.5. The normalized spacial score (nSPS) is 15.9. The number of aromatic nitrogens is 5. The summed E-state index contributed by atoms with van der Waals surface area (Å²) < 4.78 is 15.9. The van der Waals surface area contributed by atoms with Gasteiger partial charge in [-0.25, -0.2) is 13.8 Å². The first-order valence-electron chi connectivity index (χ1n) is 8.97. The number of carbonyl (C=O) groups is 1. The maximum absolute atomic E-state index is 13.1. The van der Waals surface area contributed by atoms with Gasteiger partial charge in [0.25, 0.3) is 11.5 Å². The minimum Gasteiger partial charge on any atom is -0.348 e. The van der Waals surface area contributed by atoms with E-state index < -0.39 is 0 Å². The third-order valence-electron chi connectivity index (χ3n) is 4.97. The molecule has 2 aromatic heterocycles. The quantitative estimate of drug-likeness (QED) is 0.732. The molecule has 1 amide bonds. The van der Waals surface area contributed by atoms with Gasteiger partial charge >= 0.3 is 0 Å². The fourth-order valence-electron chi connectivity index (χ4n) is 3.43. The average Bonchev–Trinajstić information content (AvgIpc) is 3.05. The van der Waals surface area contributed by atoms with Crippen molar-refractivity contribution in [2.24, 2.45) is 7.05 Å². The summed E-state index contributed by atoms with van der Waals surface area (Å²) in [5.74, 6) is -0.669. The molecule has 1 aliphatic rings. The van der Waals surface area contributed by atoms with Crippen LogP contribution in [0.1, 0.15) is 33.9 Å². The first-order valence-corrected chi connectivity index (χ1v) is 8.97. The number of hydrogen-bond acceptors (Lipinski definition) is 5. The highest BCUT2D eigenvalue weighted by Gasteiger charge is 2.25. The fourth-order valence-corrected chi connectivity index (χ4v) is 3.43. The number of rotatable bonds is 3. The predicted octanol–water partition coefficient (Wildman–Crippen LogP) is 1.10. The maximum Gasteiger partial charge on any atom is 0.273 e.